The molecule has 0 aliphatic carbocycles. The van der Waals surface area contributed by atoms with Crippen molar-refractivity contribution >= 4 is 12.0 Å². The maximum atomic E-state index is 14.3. The summed E-state index contributed by atoms with van der Waals surface area (Å²) in [6, 6.07) is 3.16. The van der Waals surface area contributed by atoms with Gasteiger partial charge >= 0.3 is 6.09 Å². The van der Waals surface area contributed by atoms with Crippen molar-refractivity contribution in [2.75, 3.05) is 31.1 Å². The summed E-state index contributed by atoms with van der Waals surface area (Å²) in [6.07, 6.45) is 2.86. The van der Waals surface area contributed by atoms with E-state index in [2.05, 4.69) is 20.1 Å². The van der Waals surface area contributed by atoms with Gasteiger partial charge < -0.3 is 29.9 Å². The third-order valence-electron chi connectivity index (χ3n) is 6.80. The van der Waals surface area contributed by atoms with Gasteiger partial charge in [0, 0.05) is 56.6 Å². The molecule has 2 aromatic heterocycles. The zero-order valence-electron chi connectivity index (χ0n) is 20.1. The molecular weight excluding hydrogens is 488 g/mol. The minimum absolute atomic E-state index is 0.0948. The highest BCUT2D eigenvalue weighted by atomic mass is 19.1. The van der Waals surface area contributed by atoms with Crippen molar-refractivity contribution in [1.29, 1.82) is 0 Å². The number of nitrogens with two attached hydrogens (primary N) is 1. The molecule has 3 atom stereocenters. The molecule has 3 N–H and O–H groups in total. The molecule has 4 heterocycles. The molecule has 1 aromatic carbocycles. The highest BCUT2D eigenvalue weighted by molar-refractivity contribution is 5.65. The highest BCUT2D eigenvalue weighted by Crippen LogP contribution is 2.31. The quantitative estimate of drug-likeness (QED) is 0.503. The van der Waals surface area contributed by atoms with Crippen LogP contribution in [0.15, 0.2) is 35.1 Å². The highest BCUT2D eigenvalue weighted by Gasteiger charge is 2.34. The van der Waals surface area contributed by atoms with Crippen LogP contribution in [0.4, 0.5) is 19.5 Å². The fourth-order valence-electron chi connectivity index (χ4n) is 4.77. The van der Waals surface area contributed by atoms with Crippen LogP contribution in [0.1, 0.15) is 43.2 Å². The first-order valence-electron chi connectivity index (χ1n) is 12.0. The maximum Gasteiger partial charge on any atom is 0.407 e. The van der Waals surface area contributed by atoms with E-state index in [1.54, 1.807) is 19.3 Å². The number of hydrogen-bond donors (Lipinski definition) is 2. The number of hydrogen-bond acceptors (Lipinski definition) is 9. The zero-order valence-corrected chi connectivity index (χ0v) is 20.1. The molecule has 2 saturated heterocycles. The molecule has 1 amide bonds. The fraction of sp³-hybridized carbons (Fsp3) is 0.458. The molecule has 3 aromatic rings. The molecule has 0 saturated carbocycles. The van der Waals surface area contributed by atoms with Gasteiger partial charge in [-0.25, -0.2) is 23.5 Å². The summed E-state index contributed by atoms with van der Waals surface area (Å²) in [4.78, 5) is 27.5. The van der Waals surface area contributed by atoms with E-state index in [1.807, 2.05) is 4.90 Å². The molecule has 2 fully saturated rings. The van der Waals surface area contributed by atoms with E-state index in [9.17, 15) is 13.6 Å². The van der Waals surface area contributed by atoms with Crippen molar-refractivity contribution in [1.82, 2.24) is 25.0 Å². The summed E-state index contributed by atoms with van der Waals surface area (Å²) < 4.78 is 38.9. The van der Waals surface area contributed by atoms with Gasteiger partial charge in [-0.2, -0.15) is 4.98 Å². The number of likely N-dealkylation sites (tertiary alicyclic amines) is 1. The second-order valence-electron chi connectivity index (χ2n) is 9.32. The lowest BCUT2D eigenvalue weighted by molar-refractivity contribution is -0.0451. The first kappa shape index (κ1) is 25.0. The predicted molar refractivity (Wildman–Crippen MR) is 127 cm³/mol. The molecule has 0 spiro atoms. The average Bonchev–Trinajstić information content (AvgIpc) is 3.52. The number of rotatable bonds is 6. The zero-order chi connectivity index (χ0) is 26.1. The minimum atomic E-state index is -0.921. The minimum Gasteiger partial charge on any atom is -0.465 e. The standard InChI is InChI=1S/C24H27F2N7O4/c1-13(36-16-4-6-32(7-5-16)24(34)35)22-30-21(31-37-22)14-9-28-23(29-10-14)33-11-18(20(27)12-33)17-3-2-15(25)8-19(17)26/h2-3,8-10,13,16,18,20H,4-7,11-12,27H2,1H3,(H,34,35)/t13-,18-,20+/m1/s1. The number of benzene rings is 1. The predicted octanol–water partition coefficient (Wildman–Crippen LogP) is 2.96. The second-order valence-corrected chi connectivity index (χ2v) is 9.32. The van der Waals surface area contributed by atoms with Gasteiger partial charge in [0.1, 0.15) is 17.7 Å². The third-order valence-corrected chi connectivity index (χ3v) is 6.80. The van der Waals surface area contributed by atoms with Crippen LogP contribution in [-0.2, 0) is 4.74 Å². The molecular formula is C24H27F2N7O4. The van der Waals surface area contributed by atoms with Crippen LogP contribution in [0, 0.1) is 11.6 Å². The average molecular weight is 516 g/mol. The van der Waals surface area contributed by atoms with Gasteiger partial charge in [0.15, 0.2) is 0 Å². The van der Waals surface area contributed by atoms with Crippen LogP contribution < -0.4 is 10.6 Å². The monoisotopic (exact) mass is 515 g/mol. The normalized spacial score (nSPS) is 21.4. The van der Waals surface area contributed by atoms with Crippen LogP contribution >= 0.6 is 0 Å². The van der Waals surface area contributed by atoms with Crippen LogP contribution in [0.5, 0.6) is 0 Å². The van der Waals surface area contributed by atoms with E-state index in [0.717, 1.165) is 6.07 Å². The largest absolute Gasteiger partial charge is 0.465 e. The maximum absolute atomic E-state index is 14.3. The Kier molecular flexibility index (Phi) is 6.98. The molecule has 196 valence electrons. The van der Waals surface area contributed by atoms with Gasteiger partial charge in [-0.3, -0.25) is 0 Å². The number of carbonyl (C=O) groups is 1. The lowest BCUT2D eigenvalue weighted by Gasteiger charge is -2.30. The van der Waals surface area contributed by atoms with Gasteiger partial charge in [-0.05, 0) is 31.4 Å². The summed E-state index contributed by atoms with van der Waals surface area (Å²) in [5.41, 5.74) is 7.17. The molecule has 13 heteroatoms. The molecule has 0 bridgehead atoms. The number of amides is 1. The van der Waals surface area contributed by atoms with Gasteiger partial charge in [-0.1, -0.05) is 11.2 Å². The first-order valence-corrected chi connectivity index (χ1v) is 12.0. The molecule has 5 rings (SSSR count). The number of piperidine rings is 1. The molecule has 2 aliphatic heterocycles. The summed E-state index contributed by atoms with van der Waals surface area (Å²) in [5, 5.41) is 13.1. The Morgan fingerprint density at radius 1 is 1.22 bits per heavy atom. The van der Waals surface area contributed by atoms with Crippen molar-refractivity contribution in [2.45, 2.75) is 43.9 Å². The Labute approximate surface area is 211 Å². The summed E-state index contributed by atoms with van der Waals surface area (Å²) in [6.45, 7) is 3.47. The van der Waals surface area contributed by atoms with E-state index >= 15 is 0 Å². The van der Waals surface area contributed by atoms with Crippen LogP contribution in [0.3, 0.4) is 0 Å². The third kappa shape index (κ3) is 5.37. The lowest BCUT2D eigenvalue weighted by atomic mass is 9.94. The topological polar surface area (TPSA) is 144 Å². The SMILES string of the molecule is C[C@@H](OC1CCN(C(=O)O)CC1)c1nc(-c2cnc(N3C[C@H](c4ccc(F)cc4F)[C@@H](N)C3)nc2)no1. The van der Waals surface area contributed by atoms with Gasteiger partial charge in [0.2, 0.25) is 11.8 Å². The summed E-state index contributed by atoms with van der Waals surface area (Å²) in [7, 11) is 0. The molecule has 0 radical (unpaired) electrons. The van der Waals surface area contributed by atoms with Crippen molar-refractivity contribution in [2.24, 2.45) is 5.73 Å². The van der Waals surface area contributed by atoms with E-state index in [4.69, 9.17) is 20.1 Å². The fourth-order valence-corrected chi connectivity index (χ4v) is 4.77. The van der Waals surface area contributed by atoms with E-state index in [0.29, 0.717) is 67.8 Å². The first-order chi connectivity index (χ1) is 17.8. The van der Waals surface area contributed by atoms with Gasteiger partial charge in [0.25, 0.3) is 5.89 Å². The smallest absolute Gasteiger partial charge is 0.407 e. The van der Waals surface area contributed by atoms with Gasteiger partial charge in [-0.15, -0.1) is 0 Å². The van der Waals surface area contributed by atoms with Crippen molar-refractivity contribution in [3.05, 3.63) is 53.7 Å². The Morgan fingerprint density at radius 2 is 1.95 bits per heavy atom. The van der Waals surface area contributed by atoms with Crippen molar-refractivity contribution in [3.63, 3.8) is 0 Å². The summed E-state index contributed by atoms with van der Waals surface area (Å²) in [5.74, 6) is -0.527. The van der Waals surface area contributed by atoms with Gasteiger partial charge in [0.05, 0.1) is 11.7 Å². The molecule has 0 unspecified atom stereocenters. The number of aromatic nitrogens is 4. The van der Waals surface area contributed by atoms with E-state index in [-0.39, 0.29) is 18.1 Å². The molecule has 2 aliphatic rings. The number of nitrogens with zero attached hydrogens (tertiary/aromatic N) is 6. The Bertz CT molecular complexity index is 1250. The van der Waals surface area contributed by atoms with Crippen LogP contribution in [0.2, 0.25) is 0 Å². The number of halogens is 2. The van der Waals surface area contributed by atoms with Crippen molar-refractivity contribution in [3.8, 4) is 11.4 Å². The Balaban J connectivity index is 1.20. The molecule has 11 nitrogen and oxygen atoms in total. The number of carboxylic acid groups (broad SMARTS) is 1. The number of ether oxygens (including phenoxy) is 1. The summed E-state index contributed by atoms with van der Waals surface area (Å²) >= 11 is 0. The molecule has 37 heavy (non-hydrogen) atoms. The van der Waals surface area contributed by atoms with E-state index < -0.39 is 23.8 Å². The van der Waals surface area contributed by atoms with Crippen LogP contribution in [-0.4, -0.2) is 74.5 Å². The number of anilines is 1. The Hall–Kier alpha value is -3.71. The lowest BCUT2D eigenvalue weighted by Crippen LogP contribution is -2.40. The van der Waals surface area contributed by atoms with Crippen LogP contribution in [0.25, 0.3) is 11.4 Å². The van der Waals surface area contributed by atoms with Crippen molar-refractivity contribution < 1.29 is 27.9 Å². The Morgan fingerprint density at radius 3 is 2.62 bits per heavy atom. The second kappa shape index (κ2) is 10.3. The van der Waals surface area contributed by atoms with E-state index in [1.165, 1.54) is 17.0 Å².